The molecule has 0 aliphatic carbocycles. The second-order valence-corrected chi connectivity index (χ2v) is 11.5. The molecule has 0 aromatic carbocycles. The quantitative estimate of drug-likeness (QED) is 0.540. The van der Waals surface area contributed by atoms with E-state index in [0.29, 0.717) is 23.2 Å². The Hall–Kier alpha value is -2.23. The number of aromatic nitrogens is 2. The predicted octanol–water partition coefficient (Wildman–Crippen LogP) is 3.41. The lowest BCUT2D eigenvalue weighted by Gasteiger charge is -2.35. The maximum Gasteiger partial charge on any atom is 0.246 e. The van der Waals surface area contributed by atoms with Crippen LogP contribution >= 0.6 is 0 Å². The van der Waals surface area contributed by atoms with Gasteiger partial charge in [0.05, 0.1) is 0 Å². The summed E-state index contributed by atoms with van der Waals surface area (Å²) in [5.74, 6) is 1.55. The molecule has 1 fully saturated rings. The molecule has 0 radical (unpaired) electrons. The smallest absolute Gasteiger partial charge is 0.246 e. The van der Waals surface area contributed by atoms with E-state index in [1.807, 2.05) is 6.07 Å². The summed E-state index contributed by atoms with van der Waals surface area (Å²) in [7, 11) is -4.09. The Kier molecular flexibility index (Phi) is 6.83. The van der Waals surface area contributed by atoms with Crippen molar-refractivity contribution in [2.24, 2.45) is 11.8 Å². The molecule has 8 nitrogen and oxygen atoms in total. The first kappa shape index (κ1) is 24.4. The van der Waals surface area contributed by atoms with Crippen LogP contribution in [0.5, 0.6) is 0 Å². The zero-order chi connectivity index (χ0) is 23.8. The van der Waals surface area contributed by atoms with Crippen LogP contribution in [0, 0.1) is 11.8 Å². The lowest BCUT2D eigenvalue weighted by Crippen LogP contribution is -2.40. The number of nitrogen functional groups attached to an aromatic ring is 1. The van der Waals surface area contributed by atoms with Crippen LogP contribution in [0.2, 0.25) is 0 Å². The minimum absolute atomic E-state index is 0.124. The second-order valence-electron chi connectivity index (χ2n) is 9.82. The van der Waals surface area contributed by atoms with E-state index in [2.05, 4.69) is 56.1 Å². The Morgan fingerprint density at radius 2 is 1.94 bits per heavy atom. The average Bonchev–Trinajstić information content (AvgIpc) is 2.98. The Bertz CT molecular complexity index is 1070. The number of nitrogens with zero attached hydrogens (tertiary/aromatic N) is 3. The van der Waals surface area contributed by atoms with Gasteiger partial charge in [-0.25, -0.2) is 18.4 Å². The van der Waals surface area contributed by atoms with Crippen molar-refractivity contribution in [2.45, 2.75) is 70.5 Å². The molecule has 0 amide bonds. The first-order valence-corrected chi connectivity index (χ1v) is 12.5. The molecule has 176 valence electrons. The molecule has 32 heavy (non-hydrogen) atoms. The molecule has 2 aromatic rings. The van der Waals surface area contributed by atoms with Crippen LogP contribution in [0.15, 0.2) is 35.4 Å². The van der Waals surface area contributed by atoms with Gasteiger partial charge in [0.1, 0.15) is 22.8 Å². The molecular weight excluding hydrogens is 426 g/mol. The van der Waals surface area contributed by atoms with Crippen LogP contribution in [0.1, 0.15) is 71.4 Å². The first-order valence-electron chi connectivity index (χ1n) is 11.0. The van der Waals surface area contributed by atoms with Gasteiger partial charge in [0.2, 0.25) is 10.0 Å². The van der Waals surface area contributed by atoms with Gasteiger partial charge in [0, 0.05) is 35.5 Å². The molecular formula is C23H35N5O3S. The van der Waals surface area contributed by atoms with Gasteiger partial charge >= 0.3 is 0 Å². The summed E-state index contributed by atoms with van der Waals surface area (Å²) in [6.07, 6.45) is 0.904. The van der Waals surface area contributed by atoms with Gasteiger partial charge in [-0.05, 0) is 56.4 Å². The summed E-state index contributed by atoms with van der Waals surface area (Å²) in [4.78, 5) is 10.8. The summed E-state index contributed by atoms with van der Waals surface area (Å²) >= 11 is 0. The lowest BCUT2D eigenvalue weighted by molar-refractivity contribution is 0.166. The summed E-state index contributed by atoms with van der Waals surface area (Å²) in [6.45, 7) is 13.7. The van der Waals surface area contributed by atoms with Crippen molar-refractivity contribution in [3.8, 4) is 0 Å². The Balaban J connectivity index is 2.04. The van der Waals surface area contributed by atoms with Gasteiger partial charge in [0.15, 0.2) is 0 Å². The normalized spacial score (nSPS) is 20.5. The number of aliphatic hydroxyl groups is 1. The maximum absolute atomic E-state index is 12.9. The van der Waals surface area contributed by atoms with E-state index in [9.17, 15) is 13.5 Å². The van der Waals surface area contributed by atoms with Gasteiger partial charge in [-0.15, -0.1) is 0 Å². The zero-order valence-corrected chi connectivity index (χ0v) is 20.5. The Morgan fingerprint density at radius 1 is 1.25 bits per heavy atom. The van der Waals surface area contributed by atoms with Crippen molar-refractivity contribution in [1.82, 2.24) is 14.7 Å². The molecule has 0 saturated carbocycles. The van der Waals surface area contributed by atoms with E-state index < -0.39 is 16.3 Å². The molecule has 3 rings (SSSR count). The molecule has 3 atom stereocenters. The monoisotopic (exact) mass is 461 g/mol. The fourth-order valence-corrected chi connectivity index (χ4v) is 5.50. The van der Waals surface area contributed by atoms with Crippen molar-refractivity contribution in [3.05, 3.63) is 41.7 Å². The van der Waals surface area contributed by atoms with Crippen molar-refractivity contribution < 1.29 is 13.5 Å². The largest absolute Gasteiger partial charge is 0.383 e. The minimum Gasteiger partial charge on any atom is -0.383 e. The molecule has 3 heterocycles. The van der Waals surface area contributed by atoms with E-state index in [4.69, 9.17) is 10.7 Å². The number of anilines is 2. The van der Waals surface area contributed by atoms with Crippen molar-refractivity contribution in [1.29, 1.82) is 0 Å². The van der Waals surface area contributed by atoms with Crippen LogP contribution in [-0.2, 0) is 10.0 Å². The number of hydrogen-bond donors (Lipinski definition) is 3. The number of nitrogens with two attached hydrogens (primary N) is 1. The second kappa shape index (κ2) is 8.96. The van der Waals surface area contributed by atoms with Gasteiger partial charge in [-0.1, -0.05) is 27.7 Å². The number of nitrogens with one attached hydrogen (secondary N) is 1. The minimum atomic E-state index is -4.09. The van der Waals surface area contributed by atoms with E-state index in [0.717, 1.165) is 18.7 Å². The van der Waals surface area contributed by atoms with E-state index >= 15 is 0 Å². The van der Waals surface area contributed by atoms with Gasteiger partial charge in [-0.2, -0.15) is 4.72 Å². The molecule has 1 aliphatic heterocycles. The van der Waals surface area contributed by atoms with E-state index in [1.54, 1.807) is 6.07 Å². The molecule has 2 aromatic heterocycles. The standard InChI is InChI=1S/C23H35N5O3S/c1-14(2)16(4)18-10-9-17(21(26-18)28-13-15(3)12-23(28,5)6)22(29)27-32(30,31)19-8-7-11-25-20(19)24/h7-11,14-16,22,27,29H,12-13H2,1-6H3,(H2,24,25)/t15-,16?,22?/m0/s1. The predicted molar refractivity (Wildman–Crippen MR) is 127 cm³/mol. The molecule has 0 bridgehead atoms. The van der Waals surface area contributed by atoms with E-state index in [-0.39, 0.29) is 22.2 Å². The summed E-state index contributed by atoms with van der Waals surface area (Å²) in [6, 6.07) is 6.48. The van der Waals surface area contributed by atoms with Gasteiger partial charge in [0.25, 0.3) is 0 Å². The fraction of sp³-hybridized carbons (Fsp3) is 0.565. The van der Waals surface area contributed by atoms with Crippen molar-refractivity contribution >= 4 is 21.7 Å². The highest BCUT2D eigenvalue weighted by atomic mass is 32.2. The first-order chi connectivity index (χ1) is 14.8. The average molecular weight is 462 g/mol. The van der Waals surface area contributed by atoms with Crippen molar-refractivity contribution in [3.63, 3.8) is 0 Å². The third kappa shape index (κ3) is 4.89. The highest BCUT2D eigenvalue weighted by molar-refractivity contribution is 7.89. The van der Waals surface area contributed by atoms with Crippen LogP contribution < -0.4 is 15.4 Å². The van der Waals surface area contributed by atoms with Crippen LogP contribution in [-0.4, -0.2) is 35.6 Å². The number of pyridine rings is 2. The number of sulfonamides is 1. The van der Waals surface area contributed by atoms with Crippen molar-refractivity contribution in [2.75, 3.05) is 17.2 Å². The molecule has 4 N–H and O–H groups in total. The molecule has 1 aliphatic rings. The molecule has 9 heteroatoms. The fourth-order valence-electron chi connectivity index (χ4n) is 4.36. The Labute approximate surface area is 191 Å². The number of aliphatic hydroxyl groups excluding tert-OH is 1. The lowest BCUT2D eigenvalue weighted by atomic mass is 9.93. The number of hydrogen-bond acceptors (Lipinski definition) is 7. The highest BCUT2D eigenvalue weighted by Gasteiger charge is 2.39. The zero-order valence-electron chi connectivity index (χ0n) is 19.7. The molecule has 0 spiro atoms. The Morgan fingerprint density at radius 3 is 2.50 bits per heavy atom. The molecule has 1 saturated heterocycles. The topological polar surface area (TPSA) is 121 Å². The number of rotatable bonds is 7. The summed E-state index contributed by atoms with van der Waals surface area (Å²) < 4.78 is 28.1. The molecule has 2 unspecified atom stereocenters. The third-order valence-corrected chi connectivity index (χ3v) is 7.83. The van der Waals surface area contributed by atoms with Crippen LogP contribution in [0.3, 0.4) is 0 Å². The van der Waals surface area contributed by atoms with Gasteiger partial charge < -0.3 is 15.7 Å². The SMILES string of the molecule is CC(C)C(C)c1ccc(C(O)NS(=O)(=O)c2cccnc2N)c(N2C[C@@H](C)CC2(C)C)n1. The maximum atomic E-state index is 12.9. The summed E-state index contributed by atoms with van der Waals surface area (Å²) in [5.41, 5.74) is 6.91. The summed E-state index contributed by atoms with van der Waals surface area (Å²) in [5, 5.41) is 11.0. The van der Waals surface area contributed by atoms with E-state index in [1.165, 1.54) is 18.3 Å². The third-order valence-electron chi connectivity index (χ3n) is 6.37. The van der Waals surface area contributed by atoms with Gasteiger partial charge in [-0.3, -0.25) is 0 Å². The van der Waals surface area contributed by atoms with Crippen LogP contribution in [0.25, 0.3) is 0 Å². The highest BCUT2D eigenvalue weighted by Crippen LogP contribution is 2.39. The van der Waals surface area contributed by atoms with Crippen LogP contribution in [0.4, 0.5) is 11.6 Å².